The minimum atomic E-state index is -0.797. The van der Waals surface area contributed by atoms with Crippen LogP contribution in [0.5, 0.6) is 11.6 Å². The average molecular weight is 488 g/mol. The van der Waals surface area contributed by atoms with E-state index in [9.17, 15) is 13.9 Å². The van der Waals surface area contributed by atoms with Crippen molar-refractivity contribution in [2.24, 2.45) is 0 Å². The van der Waals surface area contributed by atoms with Crippen molar-refractivity contribution in [1.82, 2.24) is 14.7 Å². The fourth-order valence-electron chi connectivity index (χ4n) is 3.70. The number of halogens is 2. The highest BCUT2D eigenvalue weighted by Crippen LogP contribution is 2.33. The molecule has 0 saturated heterocycles. The summed E-state index contributed by atoms with van der Waals surface area (Å²) in [6.07, 6.45) is 0.200. The van der Waals surface area contributed by atoms with Crippen molar-refractivity contribution in [2.45, 2.75) is 59.3 Å². The summed E-state index contributed by atoms with van der Waals surface area (Å²) < 4.78 is 41.4. The minimum Gasteiger partial charge on any atom is -0.435 e. The van der Waals surface area contributed by atoms with Gasteiger partial charge in [-0.1, -0.05) is 25.1 Å². The molecule has 1 N–H and O–H groups in total. The van der Waals surface area contributed by atoms with Crippen molar-refractivity contribution in [3.63, 3.8) is 0 Å². The van der Waals surface area contributed by atoms with Gasteiger partial charge in [-0.2, -0.15) is 5.10 Å². The molecule has 8 heteroatoms. The molecule has 3 rings (SSSR count). The van der Waals surface area contributed by atoms with Gasteiger partial charge in [-0.3, -0.25) is 4.90 Å². The molecule has 0 radical (unpaired) electrons. The standard InChI is InChI=1S/C27H35F2N3O3/c1-6-14-31(16-22(33)18-34-27(3,4)5)17-23-19(2)30-32(21-10-8-7-9-11-21)26(23)35-25-13-12-20(28)15-24(25)29/h7-13,15,22,33H,6,14,16-18H2,1-5H3/t22-/m1/s1. The first-order chi connectivity index (χ1) is 16.6. The van der Waals surface area contributed by atoms with Crippen molar-refractivity contribution < 1.29 is 23.4 Å². The van der Waals surface area contributed by atoms with E-state index in [2.05, 4.69) is 16.9 Å². The zero-order chi connectivity index (χ0) is 25.6. The third-order valence-corrected chi connectivity index (χ3v) is 5.34. The molecule has 1 heterocycles. The number of para-hydroxylation sites is 1. The maximum atomic E-state index is 14.5. The summed E-state index contributed by atoms with van der Waals surface area (Å²) in [5.41, 5.74) is 1.88. The maximum absolute atomic E-state index is 14.5. The number of hydrogen-bond donors (Lipinski definition) is 1. The van der Waals surface area contributed by atoms with Crippen LogP contribution in [-0.4, -0.2) is 51.2 Å². The minimum absolute atomic E-state index is 0.0922. The van der Waals surface area contributed by atoms with Crippen LogP contribution in [-0.2, 0) is 11.3 Å². The topological polar surface area (TPSA) is 59.8 Å². The summed E-state index contributed by atoms with van der Waals surface area (Å²) in [6.45, 7) is 11.5. The molecule has 1 aromatic heterocycles. The smallest absolute Gasteiger partial charge is 0.227 e. The van der Waals surface area contributed by atoms with Gasteiger partial charge >= 0.3 is 0 Å². The van der Waals surface area contributed by atoms with Gasteiger partial charge in [0.1, 0.15) is 5.82 Å². The van der Waals surface area contributed by atoms with Crippen molar-refractivity contribution in [3.8, 4) is 17.3 Å². The molecule has 35 heavy (non-hydrogen) atoms. The molecule has 0 aliphatic carbocycles. The Kier molecular flexibility index (Phi) is 8.99. The van der Waals surface area contributed by atoms with E-state index in [1.54, 1.807) is 4.68 Å². The Bertz CT molecular complexity index is 1100. The number of aliphatic hydroxyl groups is 1. The van der Waals surface area contributed by atoms with Crippen molar-refractivity contribution in [1.29, 1.82) is 0 Å². The summed E-state index contributed by atoms with van der Waals surface area (Å²) >= 11 is 0. The number of nitrogens with zero attached hydrogens (tertiary/aromatic N) is 3. The van der Waals surface area contributed by atoms with Crippen LogP contribution in [0.25, 0.3) is 5.69 Å². The molecule has 0 amide bonds. The van der Waals surface area contributed by atoms with E-state index in [-0.39, 0.29) is 18.0 Å². The van der Waals surface area contributed by atoms with E-state index < -0.39 is 17.7 Å². The number of aliphatic hydroxyl groups excluding tert-OH is 1. The third kappa shape index (κ3) is 7.59. The van der Waals surface area contributed by atoms with E-state index in [0.29, 0.717) is 24.7 Å². The lowest BCUT2D eigenvalue weighted by Gasteiger charge is -2.27. The van der Waals surface area contributed by atoms with Crippen molar-refractivity contribution >= 4 is 0 Å². The Morgan fingerprint density at radius 2 is 1.83 bits per heavy atom. The highest BCUT2D eigenvalue weighted by atomic mass is 19.1. The van der Waals surface area contributed by atoms with Crippen LogP contribution in [0.4, 0.5) is 8.78 Å². The predicted molar refractivity (Wildman–Crippen MR) is 132 cm³/mol. The van der Waals surface area contributed by atoms with Gasteiger partial charge in [0.25, 0.3) is 0 Å². The maximum Gasteiger partial charge on any atom is 0.227 e. The average Bonchev–Trinajstić information content (AvgIpc) is 3.09. The molecule has 0 bridgehead atoms. The number of aromatic nitrogens is 2. The molecule has 6 nitrogen and oxygen atoms in total. The molecule has 0 fully saturated rings. The highest BCUT2D eigenvalue weighted by Gasteiger charge is 2.24. The first-order valence-corrected chi connectivity index (χ1v) is 11.9. The number of rotatable bonds is 11. The molecule has 2 aromatic carbocycles. The van der Waals surface area contributed by atoms with Crippen molar-refractivity contribution in [2.75, 3.05) is 19.7 Å². The Hall–Kier alpha value is -2.81. The molecule has 1 atom stereocenters. The zero-order valence-electron chi connectivity index (χ0n) is 21.1. The Morgan fingerprint density at radius 3 is 2.46 bits per heavy atom. The number of ether oxygens (including phenoxy) is 2. The summed E-state index contributed by atoms with van der Waals surface area (Å²) in [7, 11) is 0. The van der Waals surface area contributed by atoms with E-state index >= 15 is 0 Å². The van der Waals surface area contributed by atoms with E-state index in [0.717, 1.165) is 36.3 Å². The van der Waals surface area contributed by atoms with Gasteiger partial charge in [-0.25, -0.2) is 13.5 Å². The van der Waals surface area contributed by atoms with Gasteiger partial charge in [0.05, 0.1) is 35.3 Å². The number of hydrogen-bond acceptors (Lipinski definition) is 5. The lowest BCUT2D eigenvalue weighted by atomic mass is 10.2. The van der Waals surface area contributed by atoms with Crippen LogP contribution in [0, 0.1) is 18.6 Å². The number of benzene rings is 2. The molecule has 0 aliphatic rings. The fourth-order valence-corrected chi connectivity index (χ4v) is 3.70. The zero-order valence-corrected chi connectivity index (χ0v) is 21.1. The van der Waals surface area contributed by atoms with Crippen molar-refractivity contribution in [3.05, 3.63) is 71.4 Å². The third-order valence-electron chi connectivity index (χ3n) is 5.34. The lowest BCUT2D eigenvalue weighted by Crippen LogP contribution is -2.37. The Balaban J connectivity index is 1.94. The van der Waals surface area contributed by atoms with Crippen LogP contribution in [0.2, 0.25) is 0 Å². The van der Waals surface area contributed by atoms with Gasteiger partial charge in [0.2, 0.25) is 5.88 Å². The summed E-state index contributed by atoms with van der Waals surface area (Å²) in [5.74, 6) is -1.22. The molecule has 0 saturated carbocycles. The van der Waals surface area contributed by atoms with Crippen LogP contribution in [0.3, 0.4) is 0 Å². The van der Waals surface area contributed by atoms with Crippen LogP contribution in [0.15, 0.2) is 48.5 Å². The molecular weight excluding hydrogens is 452 g/mol. The van der Waals surface area contributed by atoms with Gasteiger partial charge < -0.3 is 14.6 Å². The summed E-state index contributed by atoms with van der Waals surface area (Å²) in [5, 5.41) is 15.3. The quantitative estimate of drug-likeness (QED) is 0.379. The van der Waals surface area contributed by atoms with Crippen LogP contribution in [0.1, 0.15) is 45.4 Å². The highest BCUT2D eigenvalue weighted by molar-refractivity contribution is 5.43. The van der Waals surface area contributed by atoms with E-state index in [1.807, 2.05) is 58.0 Å². The SMILES string of the molecule is CCCN(Cc1c(C)nn(-c2ccccc2)c1Oc1ccc(F)cc1F)C[C@@H](O)COC(C)(C)C. The Morgan fingerprint density at radius 1 is 1.11 bits per heavy atom. The molecule has 190 valence electrons. The second-order valence-electron chi connectivity index (χ2n) is 9.61. The summed E-state index contributed by atoms with van der Waals surface area (Å²) in [4.78, 5) is 2.10. The molecule has 0 aliphatic heterocycles. The molecule has 0 spiro atoms. The molecular formula is C27H35F2N3O3. The second-order valence-corrected chi connectivity index (χ2v) is 9.61. The second kappa shape index (κ2) is 11.7. The van der Waals surface area contributed by atoms with Crippen LogP contribution >= 0.6 is 0 Å². The van der Waals surface area contributed by atoms with Gasteiger partial charge in [0.15, 0.2) is 11.6 Å². The summed E-state index contributed by atoms with van der Waals surface area (Å²) in [6, 6.07) is 12.6. The first kappa shape index (κ1) is 26.8. The largest absolute Gasteiger partial charge is 0.435 e. The monoisotopic (exact) mass is 487 g/mol. The van der Waals surface area contributed by atoms with E-state index in [1.165, 1.54) is 6.07 Å². The fraction of sp³-hybridized carbons (Fsp3) is 0.444. The van der Waals surface area contributed by atoms with Gasteiger partial charge in [-0.05, 0) is 64.9 Å². The Labute approximate surface area is 206 Å². The van der Waals surface area contributed by atoms with Gasteiger partial charge in [0, 0.05) is 19.2 Å². The molecule has 0 unspecified atom stereocenters. The van der Waals surface area contributed by atoms with E-state index in [4.69, 9.17) is 9.47 Å². The molecule has 3 aromatic rings. The van der Waals surface area contributed by atoms with Gasteiger partial charge in [-0.15, -0.1) is 0 Å². The first-order valence-electron chi connectivity index (χ1n) is 11.9. The normalized spacial score (nSPS) is 12.8. The predicted octanol–water partition coefficient (Wildman–Crippen LogP) is 5.64. The lowest BCUT2D eigenvalue weighted by molar-refractivity contribution is -0.0567. The number of aryl methyl sites for hydroxylation is 1. The van der Waals surface area contributed by atoms with Crippen LogP contribution < -0.4 is 4.74 Å².